The Bertz CT molecular complexity index is 908. The molecule has 0 atom stereocenters. The van der Waals surface area contributed by atoms with Crippen molar-refractivity contribution < 1.29 is 37.2 Å². The second kappa shape index (κ2) is 8.47. The van der Waals surface area contributed by atoms with E-state index in [-0.39, 0.29) is 18.6 Å². The Balaban J connectivity index is 1.80. The molecular formula is C22H23F3O5. The van der Waals surface area contributed by atoms with E-state index < -0.39 is 23.6 Å². The van der Waals surface area contributed by atoms with Crippen molar-refractivity contribution in [2.75, 3.05) is 7.11 Å². The summed E-state index contributed by atoms with van der Waals surface area (Å²) in [5, 5.41) is 9.90. The van der Waals surface area contributed by atoms with Gasteiger partial charge in [-0.3, -0.25) is 0 Å². The zero-order valence-corrected chi connectivity index (χ0v) is 16.8. The Morgan fingerprint density at radius 2 is 1.70 bits per heavy atom. The van der Waals surface area contributed by atoms with Crippen molar-refractivity contribution in [1.82, 2.24) is 0 Å². The number of halogens is 3. The van der Waals surface area contributed by atoms with Gasteiger partial charge in [-0.25, -0.2) is 0 Å². The van der Waals surface area contributed by atoms with E-state index in [1.165, 1.54) is 25.7 Å². The first-order chi connectivity index (χ1) is 14.1. The van der Waals surface area contributed by atoms with Crippen molar-refractivity contribution in [3.8, 4) is 11.5 Å². The maximum absolute atomic E-state index is 13.6. The number of methoxy groups -OCH3 is 1. The largest absolute Gasteiger partial charge is 0.493 e. The first-order valence-corrected chi connectivity index (χ1v) is 9.25. The molecule has 1 N–H and O–H groups in total. The van der Waals surface area contributed by atoms with Gasteiger partial charge >= 0.3 is 6.18 Å². The van der Waals surface area contributed by atoms with Crippen LogP contribution < -0.4 is 9.47 Å². The topological polar surface area (TPSA) is 57.2 Å². The Kier molecular flexibility index (Phi) is 6.17. The number of hydrogen-bond acceptors (Lipinski definition) is 5. The molecule has 1 aliphatic rings. The molecule has 0 spiro atoms. The standard InChI is InChI=1S/C22H23F3O5/c1-21(2,26)12-14-4-5-16(17(10-14)22(23,24)25)13-30-18-7-6-15(11-19(18)27-3)20-28-8-9-29-20/h4-11,20,26H,12-13H2,1-3H3. The van der Waals surface area contributed by atoms with Gasteiger partial charge < -0.3 is 24.1 Å². The first-order valence-electron chi connectivity index (χ1n) is 9.25. The van der Waals surface area contributed by atoms with Gasteiger partial charge in [-0.2, -0.15) is 13.2 Å². The van der Waals surface area contributed by atoms with Crippen molar-refractivity contribution in [3.05, 3.63) is 71.2 Å². The Hall–Kier alpha value is -2.87. The molecular weight excluding hydrogens is 401 g/mol. The van der Waals surface area contributed by atoms with E-state index in [1.807, 2.05) is 0 Å². The second-order valence-corrected chi connectivity index (χ2v) is 7.55. The minimum absolute atomic E-state index is 0.0141. The summed E-state index contributed by atoms with van der Waals surface area (Å²) in [6.45, 7) is 2.79. The van der Waals surface area contributed by atoms with Crippen LogP contribution in [0.2, 0.25) is 0 Å². The lowest BCUT2D eigenvalue weighted by molar-refractivity contribution is -0.138. The summed E-state index contributed by atoms with van der Waals surface area (Å²) in [6, 6.07) is 8.91. The lowest BCUT2D eigenvalue weighted by atomic mass is 9.95. The van der Waals surface area contributed by atoms with Crippen LogP contribution in [-0.2, 0) is 28.7 Å². The fourth-order valence-electron chi connectivity index (χ4n) is 3.12. The van der Waals surface area contributed by atoms with Crippen LogP contribution in [0.4, 0.5) is 13.2 Å². The van der Waals surface area contributed by atoms with Crippen LogP contribution in [0.1, 0.15) is 42.4 Å². The van der Waals surface area contributed by atoms with Crippen LogP contribution >= 0.6 is 0 Å². The predicted octanol–water partition coefficient (Wildman–Crippen LogP) is 5.12. The van der Waals surface area contributed by atoms with Gasteiger partial charge in [-0.1, -0.05) is 12.1 Å². The summed E-state index contributed by atoms with van der Waals surface area (Å²) < 4.78 is 62.2. The highest BCUT2D eigenvalue weighted by atomic mass is 19.4. The van der Waals surface area contributed by atoms with Crippen LogP contribution in [0.3, 0.4) is 0 Å². The zero-order valence-electron chi connectivity index (χ0n) is 16.8. The third-order valence-corrected chi connectivity index (χ3v) is 4.42. The smallest absolute Gasteiger partial charge is 0.416 e. The SMILES string of the molecule is COc1cc(C2OC=CO2)ccc1OCc1ccc(CC(C)(C)O)cc1C(F)(F)F. The van der Waals surface area contributed by atoms with E-state index >= 15 is 0 Å². The molecule has 162 valence electrons. The van der Waals surface area contributed by atoms with Gasteiger partial charge in [0.2, 0.25) is 0 Å². The molecule has 0 aliphatic carbocycles. The minimum Gasteiger partial charge on any atom is -0.493 e. The van der Waals surface area contributed by atoms with Crippen LogP contribution in [0.15, 0.2) is 48.9 Å². The number of hydrogen-bond donors (Lipinski definition) is 1. The van der Waals surface area contributed by atoms with Gasteiger partial charge in [0.1, 0.15) is 19.1 Å². The molecule has 0 radical (unpaired) electrons. The summed E-state index contributed by atoms with van der Waals surface area (Å²) in [5.74, 6) is 0.639. The molecule has 5 nitrogen and oxygen atoms in total. The highest BCUT2D eigenvalue weighted by molar-refractivity contribution is 5.44. The fourth-order valence-corrected chi connectivity index (χ4v) is 3.12. The average molecular weight is 424 g/mol. The molecule has 0 unspecified atom stereocenters. The van der Waals surface area contributed by atoms with Gasteiger partial charge in [0.05, 0.1) is 18.3 Å². The first kappa shape index (κ1) is 21.8. The number of alkyl halides is 3. The molecule has 0 aromatic heterocycles. The third-order valence-electron chi connectivity index (χ3n) is 4.42. The highest BCUT2D eigenvalue weighted by Crippen LogP contribution is 2.36. The normalized spacial score (nSPS) is 14.4. The number of ether oxygens (including phenoxy) is 4. The van der Waals surface area contributed by atoms with Crippen molar-refractivity contribution in [3.63, 3.8) is 0 Å². The summed E-state index contributed by atoms with van der Waals surface area (Å²) in [7, 11) is 1.44. The summed E-state index contributed by atoms with van der Waals surface area (Å²) in [4.78, 5) is 0. The molecule has 0 bridgehead atoms. The molecule has 0 saturated carbocycles. The van der Waals surface area contributed by atoms with Crippen LogP contribution in [0, 0.1) is 0 Å². The zero-order chi connectivity index (χ0) is 21.9. The van der Waals surface area contributed by atoms with Gasteiger partial charge in [-0.05, 0) is 43.7 Å². The minimum atomic E-state index is -4.55. The van der Waals surface area contributed by atoms with E-state index in [4.69, 9.17) is 18.9 Å². The molecule has 2 aromatic carbocycles. The average Bonchev–Trinajstić information content (AvgIpc) is 3.19. The van der Waals surface area contributed by atoms with E-state index in [2.05, 4.69) is 0 Å². The molecule has 2 aromatic rings. The van der Waals surface area contributed by atoms with Crippen molar-refractivity contribution in [1.29, 1.82) is 0 Å². The van der Waals surface area contributed by atoms with E-state index in [9.17, 15) is 18.3 Å². The van der Waals surface area contributed by atoms with E-state index in [0.29, 0.717) is 22.6 Å². The van der Waals surface area contributed by atoms with E-state index in [1.54, 1.807) is 38.1 Å². The molecule has 0 fully saturated rings. The maximum atomic E-state index is 13.6. The van der Waals surface area contributed by atoms with Crippen molar-refractivity contribution >= 4 is 0 Å². The number of rotatable bonds is 7. The fraction of sp³-hybridized carbons (Fsp3) is 0.364. The number of benzene rings is 2. The third kappa shape index (κ3) is 5.38. The van der Waals surface area contributed by atoms with Gasteiger partial charge in [0.15, 0.2) is 11.5 Å². The Morgan fingerprint density at radius 1 is 1.00 bits per heavy atom. The van der Waals surface area contributed by atoms with Crippen LogP contribution in [0.5, 0.6) is 11.5 Å². The van der Waals surface area contributed by atoms with Crippen LogP contribution in [0.25, 0.3) is 0 Å². The van der Waals surface area contributed by atoms with Gasteiger partial charge in [0.25, 0.3) is 6.29 Å². The Morgan fingerprint density at radius 3 is 2.30 bits per heavy atom. The van der Waals surface area contributed by atoms with Gasteiger partial charge in [0, 0.05) is 17.5 Å². The summed E-state index contributed by atoms with van der Waals surface area (Å²) in [5.41, 5.74) is -0.849. The molecule has 0 amide bonds. The summed E-state index contributed by atoms with van der Waals surface area (Å²) in [6.07, 6.45) is -2.21. The molecule has 1 heterocycles. The quantitative estimate of drug-likeness (QED) is 0.668. The maximum Gasteiger partial charge on any atom is 0.416 e. The summed E-state index contributed by atoms with van der Waals surface area (Å²) >= 11 is 0. The highest BCUT2D eigenvalue weighted by Gasteiger charge is 2.34. The predicted molar refractivity (Wildman–Crippen MR) is 103 cm³/mol. The Labute approximate surface area is 172 Å². The molecule has 1 aliphatic heterocycles. The number of aliphatic hydroxyl groups is 1. The lowest BCUT2D eigenvalue weighted by Crippen LogP contribution is -2.22. The van der Waals surface area contributed by atoms with Gasteiger partial charge in [-0.15, -0.1) is 0 Å². The molecule has 30 heavy (non-hydrogen) atoms. The van der Waals surface area contributed by atoms with Crippen LogP contribution in [-0.4, -0.2) is 17.8 Å². The molecule has 3 rings (SSSR count). The molecule has 8 heteroatoms. The van der Waals surface area contributed by atoms with Crippen molar-refractivity contribution in [2.24, 2.45) is 0 Å². The monoisotopic (exact) mass is 424 g/mol. The lowest BCUT2D eigenvalue weighted by Gasteiger charge is -2.20. The molecule has 0 saturated heterocycles. The second-order valence-electron chi connectivity index (χ2n) is 7.55. The van der Waals surface area contributed by atoms with E-state index in [0.717, 1.165) is 6.07 Å². The van der Waals surface area contributed by atoms with Crippen molar-refractivity contribution in [2.45, 2.75) is 44.9 Å².